The van der Waals surface area contributed by atoms with Gasteiger partial charge in [-0.15, -0.1) is 0 Å². The molecule has 0 bridgehead atoms. The number of nitrogens with one attached hydrogen (secondary N) is 2. The van der Waals surface area contributed by atoms with Crippen molar-refractivity contribution in [2.75, 3.05) is 63.2 Å². The lowest BCUT2D eigenvalue weighted by Crippen LogP contribution is -2.36. The minimum absolute atomic E-state index is 0.468. The van der Waals surface area contributed by atoms with Crippen LogP contribution in [0.2, 0.25) is 0 Å². The Morgan fingerprint density at radius 2 is 1.61 bits per heavy atom. The standard InChI is InChI=1S/C20H25N3O4S/c1-24-17-12-14(13-18(25-2)19(17)26-3)21-20(28)22-15-6-4-5-7-16(15)23-8-10-27-11-9-23/h4-7,12-13H,8-11H2,1-3H3,(H2,21,22,28). The summed E-state index contributed by atoms with van der Waals surface area (Å²) in [5.41, 5.74) is 2.77. The Hall–Kier alpha value is -2.71. The lowest BCUT2D eigenvalue weighted by atomic mass is 10.2. The van der Waals surface area contributed by atoms with Crippen LogP contribution in [0.3, 0.4) is 0 Å². The van der Waals surface area contributed by atoms with Gasteiger partial charge in [-0.1, -0.05) is 12.1 Å². The molecule has 0 aliphatic carbocycles. The Morgan fingerprint density at radius 1 is 0.964 bits per heavy atom. The van der Waals surface area contributed by atoms with Gasteiger partial charge in [0.2, 0.25) is 5.75 Å². The first-order valence-corrected chi connectivity index (χ1v) is 9.36. The molecule has 2 aromatic carbocycles. The van der Waals surface area contributed by atoms with E-state index in [-0.39, 0.29) is 0 Å². The zero-order valence-electron chi connectivity index (χ0n) is 16.3. The molecular formula is C20H25N3O4S. The number of nitrogens with zero attached hydrogens (tertiary/aromatic N) is 1. The predicted octanol–water partition coefficient (Wildman–Crippen LogP) is 3.36. The molecule has 0 radical (unpaired) electrons. The van der Waals surface area contributed by atoms with Gasteiger partial charge in [0.15, 0.2) is 16.6 Å². The normalized spacial score (nSPS) is 13.6. The molecule has 7 nitrogen and oxygen atoms in total. The number of ether oxygens (including phenoxy) is 4. The fraction of sp³-hybridized carbons (Fsp3) is 0.350. The van der Waals surface area contributed by atoms with Crippen molar-refractivity contribution in [3.8, 4) is 17.2 Å². The second-order valence-corrected chi connectivity index (χ2v) is 6.52. The summed E-state index contributed by atoms with van der Waals surface area (Å²) < 4.78 is 21.6. The molecule has 28 heavy (non-hydrogen) atoms. The second-order valence-electron chi connectivity index (χ2n) is 6.11. The van der Waals surface area contributed by atoms with Gasteiger partial charge in [-0.25, -0.2) is 0 Å². The van der Waals surface area contributed by atoms with E-state index in [9.17, 15) is 0 Å². The van der Waals surface area contributed by atoms with E-state index < -0.39 is 0 Å². The molecule has 0 unspecified atom stereocenters. The van der Waals surface area contributed by atoms with Gasteiger partial charge in [0, 0.05) is 30.9 Å². The summed E-state index contributed by atoms with van der Waals surface area (Å²) in [6, 6.07) is 11.7. The van der Waals surface area contributed by atoms with E-state index in [0.717, 1.165) is 43.4 Å². The first kappa shape index (κ1) is 20.0. The van der Waals surface area contributed by atoms with Crippen LogP contribution in [0.5, 0.6) is 17.2 Å². The third-order valence-electron chi connectivity index (χ3n) is 4.43. The average molecular weight is 404 g/mol. The van der Waals surface area contributed by atoms with E-state index in [2.05, 4.69) is 21.6 Å². The Labute approximate surface area is 170 Å². The third kappa shape index (κ3) is 4.58. The van der Waals surface area contributed by atoms with Gasteiger partial charge in [0.05, 0.1) is 45.9 Å². The van der Waals surface area contributed by atoms with E-state index in [1.807, 2.05) is 30.3 Å². The number of methoxy groups -OCH3 is 3. The molecule has 1 aliphatic rings. The SMILES string of the molecule is COc1cc(NC(=S)Nc2ccccc2N2CCOCC2)cc(OC)c1OC. The van der Waals surface area contributed by atoms with Crippen LogP contribution in [-0.2, 0) is 4.74 Å². The topological polar surface area (TPSA) is 64.2 Å². The molecule has 1 heterocycles. The number of rotatable bonds is 6. The van der Waals surface area contributed by atoms with Crippen molar-refractivity contribution in [1.29, 1.82) is 0 Å². The fourth-order valence-electron chi connectivity index (χ4n) is 3.10. The minimum atomic E-state index is 0.468. The molecule has 0 saturated carbocycles. The van der Waals surface area contributed by atoms with Crippen LogP contribution < -0.4 is 29.7 Å². The summed E-state index contributed by atoms with van der Waals surface area (Å²) in [7, 11) is 4.73. The number of hydrogen-bond acceptors (Lipinski definition) is 6. The quantitative estimate of drug-likeness (QED) is 0.712. The Bertz CT molecular complexity index is 800. The maximum absolute atomic E-state index is 5.52. The summed E-state index contributed by atoms with van der Waals surface area (Å²) in [6.07, 6.45) is 0. The van der Waals surface area contributed by atoms with Crippen molar-refractivity contribution >= 4 is 34.4 Å². The molecule has 8 heteroatoms. The highest BCUT2D eigenvalue weighted by molar-refractivity contribution is 7.80. The lowest BCUT2D eigenvalue weighted by Gasteiger charge is -2.30. The highest BCUT2D eigenvalue weighted by Gasteiger charge is 2.16. The monoisotopic (exact) mass is 403 g/mol. The maximum atomic E-state index is 5.52. The smallest absolute Gasteiger partial charge is 0.203 e. The van der Waals surface area contributed by atoms with E-state index >= 15 is 0 Å². The van der Waals surface area contributed by atoms with Gasteiger partial charge in [-0.3, -0.25) is 0 Å². The summed E-state index contributed by atoms with van der Waals surface area (Å²) in [5.74, 6) is 1.65. The van der Waals surface area contributed by atoms with Crippen LogP contribution >= 0.6 is 12.2 Å². The summed E-state index contributed by atoms with van der Waals surface area (Å²) in [5, 5.41) is 6.94. The lowest BCUT2D eigenvalue weighted by molar-refractivity contribution is 0.123. The number of hydrogen-bond donors (Lipinski definition) is 2. The Kier molecular flexibility index (Phi) is 6.78. The van der Waals surface area contributed by atoms with E-state index in [1.165, 1.54) is 0 Å². The largest absolute Gasteiger partial charge is 0.493 e. The first-order valence-electron chi connectivity index (χ1n) is 8.96. The molecule has 3 rings (SSSR count). The summed E-state index contributed by atoms with van der Waals surface area (Å²) in [4.78, 5) is 2.29. The number of thiocarbonyl (C=S) groups is 1. The van der Waals surface area contributed by atoms with Crippen molar-refractivity contribution < 1.29 is 18.9 Å². The highest BCUT2D eigenvalue weighted by atomic mass is 32.1. The van der Waals surface area contributed by atoms with E-state index in [1.54, 1.807) is 21.3 Å². The molecule has 2 N–H and O–H groups in total. The molecule has 1 aliphatic heterocycles. The highest BCUT2D eigenvalue weighted by Crippen LogP contribution is 2.40. The van der Waals surface area contributed by atoms with Gasteiger partial charge >= 0.3 is 0 Å². The van der Waals surface area contributed by atoms with Crippen molar-refractivity contribution in [2.45, 2.75) is 0 Å². The molecule has 0 aromatic heterocycles. The molecule has 150 valence electrons. The third-order valence-corrected chi connectivity index (χ3v) is 4.63. The van der Waals surface area contributed by atoms with Crippen LogP contribution in [0.15, 0.2) is 36.4 Å². The Morgan fingerprint density at radius 3 is 2.21 bits per heavy atom. The van der Waals surface area contributed by atoms with Crippen LogP contribution in [-0.4, -0.2) is 52.7 Å². The summed E-state index contributed by atoms with van der Waals surface area (Å²) >= 11 is 5.52. The zero-order chi connectivity index (χ0) is 19.9. The maximum Gasteiger partial charge on any atom is 0.203 e. The van der Waals surface area contributed by atoms with Crippen molar-refractivity contribution in [1.82, 2.24) is 0 Å². The first-order chi connectivity index (χ1) is 13.7. The molecule has 0 amide bonds. The van der Waals surface area contributed by atoms with Crippen LogP contribution in [0.4, 0.5) is 17.1 Å². The van der Waals surface area contributed by atoms with Gasteiger partial charge < -0.3 is 34.5 Å². The zero-order valence-corrected chi connectivity index (χ0v) is 17.1. The second kappa shape index (κ2) is 9.48. The molecule has 1 fully saturated rings. The van der Waals surface area contributed by atoms with Gasteiger partial charge in [-0.2, -0.15) is 0 Å². The number of morpholine rings is 1. The van der Waals surface area contributed by atoms with Crippen LogP contribution in [0.25, 0.3) is 0 Å². The van der Waals surface area contributed by atoms with Crippen molar-refractivity contribution in [3.63, 3.8) is 0 Å². The molecule has 2 aromatic rings. The minimum Gasteiger partial charge on any atom is -0.493 e. The van der Waals surface area contributed by atoms with Gasteiger partial charge in [0.1, 0.15) is 0 Å². The summed E-state index contributed by atoms with van der Waals surface area (Å²) in [6.45, 7) is 3.16. The fourth-order valence-corrected chi connectivity index (χ4v) is 3.33. The molecular weight excluding hydrogens is 378 g/mol. The number of para-hydroxylation sites is 2. The molecule has 0 atom stereocenters. The average Bonchev–Trinajstić information content (AvgIpc) is 2.73. The predicted molar refractivity (Wildman–Crippen MR) is 115 cm³/mol. The number of benzene rings is 2. The van der Waals surface area contributed by atoms with Gasteiger partial charge in [-0.05, 0) is 24.4 Å². The van der Waals surface area contributed by atoms with Crippen molar-refractivity contribution in [2.24, 2.45) is 0 Å². The van der Waals surface area contributed by atoms with E-state index in [4.69, 9.17) is 31.2 Å². The number of anilines is 3. The van der Waals surface area contributed by atoms with Crippen molar-refractivity contribution in [3.05, 3.63) is 36.4 Å². The molecule has 0 spiro atoms. The Balaban J connectivity index is 1.76. The van der Waals surface area contributed by atoms with Crippen LogP contribution in [0.1, 0.15) is 0 Å². The van der Waals surface area contributed by atoms with E-state index in [0.29, 0.717) is 22.4 Å². The van der Waals surface area contributed by atoms with Gasteiger partial charge in [0.25, 0.3) is 0 Å². The van der Waals surface area contributed by atoms with Crippen LogP contribution in [0, 0.1) is 0 Å². The molecule has 1 saturated heterocycles.